The van der Waals surface area contributed by atoms with E-state index in [0.29, 0.717) is 16.2 Å². The van der Waals surface area contributed by atoms with Crippen LogP contribution >= 0.6 is 11.3 Å². The topological polar surface area (TPSA) is 64.3 Å². The van der Waals surface area contributed by atoms with E-state index in [4.69, 9.17) is 0 Å². The number of hydrogen-bond acceptors (Lipinski definition) is 4. The summed E-state index contributed by atoms with van der Waals surface area (Å²) in [4.78, 5) is 6.19. The van der Waals surface area contributed by atoms with Gasteiger partial charge in [-0.05, 0) is 43.2 Å². The van der Waals surface area contributed by atoms with Crippen LogP contribution in [-0.4, -0.2) is 18.0 Å². The second-order valence-corrected chi connectivity index (χ2v) is 11.1. The Labute approximate surface area is 169 Å². The monoisotopic (exact) mass is 415 g/mol. The van der Waals surface area contributed by atoms with Gasteiger partial charge in [-0.25, -0.2) is 0 Å². The molecule has 7 heteroatoms. The van der Waals surface area contributed by atoms with E-state index in [1.807, 2.05) is 12.1 Å². The second kappa shape index (κ2) is 6.81. The first-order valence-electron chi connectivity index (χ1n) is 9.52. The molecular weight excluding hydrogens is 390 g/mol. The summed E-state index contributed by atoms with van der Waals surface area (Å²) in [6.07, 6.45) is 4.01. The molecule has 0 amide bonds. The Morgan fingerprint density at radius 2 is 1.93 bits per heavy atom. The van der Waals surface area contributed by atoms with Crippen molar-refractivity contribution in [3.63, 3.8) is 0 Å². The molecule has 0 N–H and O–H groups in total. The standard InChI is InChI=1S/C21H25N3O2S2/c1-14-19(21(2,3)4)27-20(24(14)13-15-10-11-15)23-28(25,26)17-9-5-7-16-8-6-12-22-18(16)17/h5-9,12,15H,10-11,13H2,1-4H3. The number of nitrogens with zero attached hydrogens (tertiary/aromatic N) is 3. The summed E-state index contributed by atoms with van der Waals surface area (Å²) < 4.78 is 32.8. The quantitative estimate of drug-likeness (QED) is 0.634. The normalized spacial score (nSPS) is 16.1. The maximum absolute atomic E-state index is 13.2. The van der Waals surface area contributed by atoms with Crippen molar-refractivity contribution in [2.45, 2.75) is 57.4 Å². The largest absolute Gasteiger partial charge is 0.320 e. The number of para-hydroxylation sites is 1. The van der Waals surface area contributed by atoms with Crippen LogP contribution in [0.25, 0.3) is 10.9 Å². The Morgan fingerprint density at radius 1 is 1.21 bits per heavy atom. The van der Waals surface area contributed by atoms with Gasteiger partial charge < -0.3 is 4.57 Å². The van der Waals surface area contributed by atoms with Crippen LogP contribution < -0.4 is 4.80 Å². The molecular formula is C21H25N3O2S2. The molecule has 5 nitrogen and oxygen atoms in total. The summed E-state index contributed by atoms with van der Waals surface area (Å²) >= 11 is 1.49. The maximum Gasteiger partial charge on any atom is 0.287 e. The van der Waals surface area contributed by atoms with Gasteiger partial charge in [0.25, 0.3) is 10.0 Å². The molecule has 1 saturated carbocycles. The zero-order valence-electron chi connectivity index (χ0n) is 16.6. The average molecular weight is 416 g/mol. The summed E-state index contributed by atoms with van der Waals surface area (Å²) in [5.74, 6) is 0.627. The highest BCUT2D eigenvalue weighted by Gasteiger charge is 2.28. The number of benzene rings is 1. The smallest absolute Gasteiger partial charge is 0.287 e. The molecule has 2 aromatic heterocycles. The fourth-order valence-electron chi connectivity index (χ4n) is 3.46. The molecule has 0 bridgehead atoms. The SMILES string of the molecule is Cc1c(C(C)(C)C)sc(=NS(=O)(=O)c2cccc3cccnc23)n1CC1CC1. The van der Waals surface area contributed by atoms with E-state index < -0.39 is 10.0 Å². The van der Waals surface area contributed by atoms with Gasteiger partial charge in [-0.15, -0.1) is 15.7 Å². The molecule has 4 rings (SSSR count). The van der Waals surface area contributed by atoms with E-state index in [1.54, 1.807) is 24.4 Å². The lowest BCUT2D eigenvalue weighted by Gasteiger charge is -2.17. The van der Waals surface area contributed by atoms with E-state index >= 15 is 0 Å². The van der Waals surface area contributed by atoms with Gasteiger partial charge in [0, 0.05) is 28.7 Å². The third-order valence-electron chi connectivity index (χ3n) is 5.05. The molecule has 0 aliphatic heterocycles. The lowest BCUT2D eigenvalue weighted by molar-refractivity contribution is 0.562. The van der Waals surface area contributed by atoms with E-state index in [9.17, 15) is 8.42 Å². The van der Waals surface area contributed by atoms with Crippen molar-refractivity contribution in [2.24, 2.45) is 10.3 Å². The Bertz CT molecular complexity index is 1210. The molecule has 1 aliphatic rings. The third-order valence-corrected chi connectivity index (χ3v) is 8.07. The van der Waals surface area contributed by atoms with E-state index in [-0.39, 0.29) is 10.3 Å². The zero-order chi connectivity index (χ0) is 20.1. The van der Waals surface area contributed by atoms with Gasteiger partial charge in [0.2, 0.25) is 4.80 Å². The highest BCUT2D eigenvalue weighted by atomic mass is 32.2. The predicted octanol–water partition coefficient (Wildman–Crippen LogP) is 4.40. The first kappa shape index (κ1) is 19.3. The number of aromatic nitrogens is 2. The molecule has 1 fully saturated rings. The van der Waals surface area contributed by atoms with Crippen molar-refractivity contribution >= 4 is 32.3 Å². The van der Waals surface area contributed by atoms with Crippen LogP contribution in [-0.2, 0) is 22.0 Å². The number of fused-ring (bicyclic) bond motifs is 1. The first-order valence-corrected chi connectivity index (χ1v) is 11.8. The summed E-state index contributed by atoms with van der Waals surface area (Å²) in [6.45, 7) is 9.37. The number of pyridine rings is 1. The highest BCUT2D eigenvalue weighted by molar-refractivity contribution is 7.90. The Kier molecular flexibility index (Phi) is 4.70. The molecule has 1 aromatic carbocycles. The molecule has 0 radical (unpaired) electrons. The minimum absolute atomic E-state index is 0.0570. The van der Waals surface area contributed by atoms with Crippen LogP contribution in [0.1, 0.15) is 44.2 Å². The summed E-state index contributed by atoms with van der Waals surface area (Å²) in [7, 11) is -3.87. The lowest BCUT2D eigenvalue weighted by Crippen LogP contribution is -2.20. The second-order valence-electron chi connectivity index (χ2n) is 8.50. The van der Waals surface area contributed by atoms with E-state index in [2.05, 4.69) is 41.6 Å². The number of hydrogen-bond donors (Lipinski definition) is 0. The molecule has 28 heavy (non-hydrogen) atoms. The van der Waals surface area contributed by atoms with Crippen molar-refractivity contribution in [1.82, 2.24) is 9.55 Å². The van der Waals surface area contributed by atoms with Gasteiger partial charge in [0.05, 0.1) is 5.52 Å². The van der Waals surface area contributed by atoms with Crippen LogP contribution in [0.3, 0.4) is 0 Å². The summed E-state index contributed by atoms with van der Waals surface area (Å²) in [6, 6.07) is 8.86. The van der Waals surface area contributed by atoms with Crippen LogP contribution in [0.15, 0.2) is 45.8 Å². The van der Waals surface area contributed by atoms with Crippen molar-refractivity contribution in [3.8, 4) is 0 Å². The molecule has 0 spiro atoms. The predicted molar refractivity (Wildman–Crippen MR) is 113 cm³/mol. The molecule has 0 saturated heterocycles. The van der Waals surface area contributed by atoms with Crippen LogP contribution in [0.2, 0.25) is 0 Å². The summed E-state index contributed by atoms with van der Waals surface area (Å²) in [5, 5.41) is 0.794. The molecule has 0 unspecified atom stereocenters. The van der Waals surface area contributed by atoms with Gasteiger partial charge >= 0.3 is 0 Å². The molecule has 3 aromatic rings. The Morgan fingerprint density at radius 3 is 2.61 bits per heavy atom. The summed E-state index contributed by atoms with van der Waals surface area (Å²) in [5.41, 5.74) is 1.53. The minimum Gasteiger partial charge on any atom is -0.320 e. The van der Waals surface area contributed by atoms with Crippen molar-refractivity contribution in [2.75, 3.05) is 0 Å². The van der Waals surface area contributed by atoms with Crippen molar-refractivity contribution in [3.05, 3.63) is 51.9 Å². The van der Waals surface area contributed by atoms with Gasteiger partial charge in [-0.2, -0.15) is 8.42 Å². The highest BCUT2D eigenvalue weighted by Crippen LogP contribution is 2.34. The Balaban J connectivity index is 1.92. The molecule has 0 atom stereocenters. The van der Waals surface area contributed by atoms with Crippen molar-refractivity contribution in [1.29, 1.82) is 0 Å². The van der Waals surface area contributed by atoms with Gasteiger partial charge in [-0.3, -0.25) is 4.98 Å². The van der Waals surface area contributed by atoms with E-state index in [0.717, 1.165) is 17.6 Å². The molecule has 1 aliphatic carbocycles. The number of rotatable bonds is 4. The zero-order valence-corrected chi connectivity index (χ0v) is 18.3. The van der Waals surface area contributed by atoms with Crippen LogP contribution in [0.5, 0.6) is 0 Å². The minimum atomic E-state index is -3.87. The molecule has 148 valence electrons. The molecule has 2 heterocycles. The lowest BCUT2D eigenvalue weighted by atomic mass is 9.93. The number of thiazole rings is 1. The fourth-order valence-corrected chi connectivity index (χ4v) is 6.04. The maximum atomic E-state index is 13.2. The van der Waals surface area contributed by atoms with Crippen LogP contribution in [0, 0.1) is 12.8 Å². The number of sulfonamides is 1. The van der Waals surface area contributed by atoms with E-state index in [1.165, 1.54) is 29.1 Å². The van der Waals surface area contributed by atoms with Gasteiger partial charge in [0.15, 0.2) is 0 Å². The fraction of sp³-hybridized carbons (Fsp3) is 0.429. The first-order chi connectivity index (χ1) is 13.2. The van der Waals surface area contributed by atoms with Gasteiger partial charge in [-0.1, -0.05) is 39.0 Å². The van der Waals surface area contributed by atoms with Crippen molar-refractivity contribution < 1.29 is 8.42 Å². The van der Waals surface area contributed by atoms with Gasteiger partial charge in [0.1, 0.15) is 4.90 Å². The third kappa shape index (κ3) is 3.65. The Hall–Kier alpha value is -1.99. The van der Waals surface area contributed by atoms with Crippen LogP contribution in [0.4, 0.5) is 0 Å². The average Bonchev–Trinajstić information content (AvgIpc) is 3.40.